The Kier molecular flexibility index (Phi) is 4.72. The van der Waals surface area contributed by atoms with E-state index in [4.69, 9.17) is 11.6 Å². The Bertz CT molecular complexity index is 334. The highest BCUT2D eigenvalue weighted by Gasteiger charge is 2.17. The van der Waals surface area contributed by atoms with E-state index < -0.39 is 0 Å². The maximum absolute atomic E-state index is 6.24. The molecule has 0 saturated heterocycles. The van der Waals surface area contributed by atoms with Gasteiger partial charge in [0.2, 0.25) is 0 Å². The molecule has 0 radical (unpaired) electrons. The molecule has 16 heavy (non-hydrogen) atoms. The second-order valence-corrected chi connectivity index (χ2v) is 4.90. The van der Waals surface area contributed by atoms with Gasteiger partial charge in [0.25, 0.3) is 0 Å². The van der Waals surface area contributed by atoms with Gasteiger partial charge in [-0.15, -0.1) is 0 Å². The molecule has 0 atom stereocenters. The maximum atomic E-state index is 6.24. The maximum Gasteiger partial charge on any atom is 0.136 e. The summed E-state index contributed by atoms with van der Waals surface area (Å²) in [5.74, 6) is 1.71. The van der Waals surface area contributed by atoms with Crippen LogP contribution in [-0.4, -0.2) is 9.97 Å². The van der Waals surface area contributed by atoms with Crippen molar-refractivity contribution in [3.8, 4) is 0 Å². The van der Waals surface area contributed by atoms with Gasteiger partial charge in [0.15, 0.2) is 0 Å². The van der Waals surface area contributed by atoms with Crippen molar-refractivity contribution in [3.63, 3.8) is 0 Å². The predicted octanol–water partition coefficient (Wildman–Crippen LogP) is 4.47. The Morgan fingerprint density at radius 3 is 2.06 bits per heavy atom. The van der Waals surface area contributed by atoms with E-state index in [0.717, 1.165) is 29.9 Å². The van der Waals surface area contributed by atoms with E-state index in [1.54, 1.807) is 0 Å². The summed E-state index contributed by atoms with van der Waals surface area (Å²) in [5, 5.41) is 0.629. The summed E-state index contributed by atoms with van der Waals surface area (Å²) in [6.45, 7) is 10.6. The van der Waals surface area contributed by atoms with Gasteiger partial charge in [0.1, 0.15) is 11.0 Å². The molecule has 0 unspecified atom stereocenters. The zero-order valence-corrected chi connectivity index (χ0v) is 11.6. The fraction of sp³-hybridized carbons (Fsp3) is 0.692. The van der Waals surface area contributed by atoms with Crippen LogP contribution in [-0.2, 0) is 0 Å². The number of hydrogen-bond acceptors (Lipinski definition) is 2. The van der Waals surface area contributed by atoms with Crippen molar-refractivity contribution >= 4 is 11.6 Å². The third kappa shape index (κ3) is 2.73. The molecule has 0 N–H and O–H groups in total. The van der Waals surface area contributed by atoms with Gasteiger partial charge in [-0.1, -0.05) is 39.3 Å². The van der Waals surface area contributed by atoms with Crippen LogP contribution in [0.3, 0.4) is 0 Å². The average Bonchev–Trinajstić information content (AvgIpc) is 2.17. The summed E-state index contributed by atoms with van der Waals surface area (Å²) in [7, 11) is 0. The lowest BCUT2D eigenvalue weighted by Gasteiger charge is -2.16. The van der Waals surface area contributed by atoms with Crippen LogP contribution in [0, 0.1) is 6.92 Å². The second-order valence-electron chi connectivity index (χ2n) is 4.54. The molecule has 0 saturated carbocycles. The number of aromatic nitrogens is 2. The molecule has 0 aliphatic rings. The zero-order valence-electron chi connectivity index (χ0n) is 10.8. The van der Waals surface area contributed by atoms with Crippen molar-refractivity contribution in [1.29, 1.82) is 0 Å². The molecule has 1 heterocycles. The smallest absolute Gasteiger partial charge is 0.136 e. The normalized spacial score (nSPS) is 11.5. The molecule has 0 aromatic carbocycles. The van der Waals surface area contributed by atoms with E-state index in [-0.39, 0.29) is 0 Å². The van der Waals surface area contributed by atoms with Crippen molar-refractivity contribution < 1.29 is 0 Å². The number of aryl methyl sites for hydroxylation is 1. The van der Waals surface area contributed by atoms with Crippen LogP contribution < -0.4 is 0 Å². The summed E-state index contributed by atoms with van der Waals surface area (Å²) in [5.41, 5.74) is 2.10. The minimum atomic E-state index is 0.378. The van der Waals surface area contributed by atoms with E-state index in [9.17, 15) is 0 Å². The number of nitrogens with zero attached hydrogens (tertiary/aromatic N) is 2. The third-order valence-corrected chi connectivity index (χ3v) is 3.32. The van der Waals surface area contributed by atoms with Crippen LogP contribution in [0.4, 0.5) is 0 Å². The monoisotopic (exact) mass is 240 g/mol. The van der Waals surface area contributed by atoms with E-state index in [1.165, 1.54) is 0 Å². The zero-order chi connectivity index (χ0) is 12.3. The molecule has 0 bridgehead atoms. The topological polar surface area (TPSA) is 25.8 Å². The van der Waals surface area contributed by atoms with Crippen LogP contribution in [0.2, 0.25) is 5.15 Å². The Morgan fingerprint density at radius 1 is 1.12 bits per heavy atom. The van der Waals surface area contributed by atoms with Crippen molar-refractivity contribution in [2.75, 3.05) is 0 Å². The van der Waals surface area contributed by atoms with Gasteiger partial charge in [0.05, 0.1) is 0 Å². The summed E-state index contributed by atoms with van der Waals surface area (Å²) < 4.78 is 0. The summed E-state index contributed by atoms with van der Waals surface area (Å²) >= 11 is 6.24. The molecule has 0 amide bonds. The van der Waals surface area contributed by atoms with Gasteiger partial charge >= 0.3 is 0 Å². The Morgan fingerprint density at radius 2 is 1.69 bits per heavy atom. The van der Waals surface area contributed by atoms with Gasteiger partial charge in [-0.05, 0) is 25.7 Å². The van der Waals surface area contributed by atoms with Crippen molar-refractivity contribution in [2.45, 2.75) is 59.3 Å². The fourth-order valence-corrected chi connectivity index (χ4v) is 2.50. The molecule has 0 spiro atoms. The van der Waals surface area contributed by atoms with Crippen LogP contribution in [0.25, 0.3) is 0 Å². The Balaban J connectivity index is 3.18. The Labute approximate surface area is 103 Å². The quantitative estimate of drug-likeness (QED) is 0.726. The Hall–Kier alpha value is -0.630. The van der Waals surface area contributed by atoms with Crippen LogP contribution in [0.5, 0.6) is 0 Å². The molecule has 1 rings (SSSR count). The first-order valence-corrected chi connectivity index (χ1v) is 6.42. The molecule has 1 aromatic rings. The average molecular weight is 241 g/mol. The molecular weight excluding hydrogens is 220 g/mol. The SMILES string of the molecule is CCC(CC)c1nc(C)c(C(C)C)c(Cl)n1. The minimum absolute atomic E-state index is 0.378. The molecule has 1 aromatic heterocycles. The second kappa shape index (κ2) is 5.62. The van der Waals surface area contributed by atoms with Gasteiger partial charge in [-0.3, -0.25) is 0 Å². The predicted molar refractivity (Wildman–Crippen MR) is 69.2 cm³/mol. The van der Waals surface area contributed by atoms with Gasteiger partial charge in [-0.2, -0.15) is 0 Å². The molecule has 0 aliphatic heterocycles. The third-order valence-electron chi connectivity index (χ3n) is 3.04. The van der Waals surface area contributed by atoms with Gasteiger partial charge < -0.3 is 0 Å². The van der Waals surface area contributed by atoms with Crippen molar-refractivity contribution in [2.24, 2.45) is 0 Å². The van der Waals surface area contributed by atoms with Crippen LogP contribution >= 0.6 is 11.6 Å². The molecule has 0 fully saturated rings. The first-order chi connectivity index (χ1) is 7.51. The van der Waals surface area contributed by atoms with Crippen molar-refractivity contribution in [3.05, 3.63) is 22.2 Å². The highest BCUT2D eigenvalue weighted by Crippen LogP contribution is 2.28. The van der Waals surface area contributed by atoms with Crippen LogP contribution in [0.15, 0.2) is 0 Å². The van der Waals surface area contributed by atoms with E-state index in [0.29, 0.717) is 17.0 Å². The minimum Gasteiger partial charge on any atom is -0.238 e. The molecule has 3 heteroatoms. The lowest BCUT2D eigenvalue weighted by molar-refractivity contribution is 0.596. The van der Waals surface area contributed by atoms with E-state index >= 15 is 0 Å². The number of rotatable bonds is 4. The van der Waals surface area contributed by atoms with Gasteiger partial charge in [0, 0.05) is 17.2 Å². The number of halogens is 1. The fourth-order valence-electron chi connectivity index (χ4n) is 2.06. The van der Waals surface area contributed by atoms with E-state index in [2.05, 4.69) is 37.7 Å². The molecule has 0 aliphatic carbocycles. The lowest BCUT2D eigenvalue weighted by atomic mass is 10.0. The first kappa shape index (κ1) is 13.4. The van der Waals surface area contributed by atoms with Crippen molar-refractivity contribution in [1.82, 2.24) is 9.97 Å². The summed E-state index contributed by atoms with van der Waals surface area (Å²) in [6.07, 6.45) is 2.13. The molecule has 2 nitrogen and oxygen atoms in total. The lowest BCUT2D eigenvalue weighted by Crippen LogP contribution is -2.08. The van der Waals surface area contributed by atoms with Gasteiger partial charge in [-0.25, -0.2) is 9.97 Å². The molecule has 90 valence electrons. The molecular formula is C13H21ClN2. The van der Waals surface area contributed by atoms with E-state index in [1.807, 2.05) is 6.92 Å². The van der Waals surface area contributed by atoms with Crippen LogP contribution in [0.1, 0.15) is 69.5 Å². The summed E-state index contributed by atoms with van der Waals surface area (Å²) in [6, 6.07) is 0. The number of hydrogen-bond donors (Lipinski definition) is 0. The highest BCUT2D eigenvalue weighted by atomic mass is 35.5. The largest absolute Gasteiger partial charge is 0.238 e. The first-order valence-electron chi connectivity index (χ1n) is 6.05. The standard InChI is InChI=1S/C13H21ClN2/c1-6-10(7-2)13-15-9(5)11(8(3)4)12(14)16-13/h8,10H,6-7H2,1-5H3. The highest BCUT2D eigenvalue weighted by molar-refractivity contribution is 6.30. The summed E-state index contributed by atoms with van der Waals surface area (Å²) in [4.78, 5) is 9.05.